The van der Waals surface area contributed by atoms with Gasteiger partial charge >= 0.3 is 12.0 Å². The molecule has 1 aromatic rings. The van der Waals surface area contributed by atoms with Gasteiger partial charge in [-0.15, -0.1) is 0 Å². The topological polar surface area (TPSA) is 80.3 Å². The number of hydrogen-bond donors (Lipinski definition) is 2. The summed E-state index contributed by atoms with van der Waals surface area (Å²) in [6.45, 7) is 0. The van der Waals surface area contributed by atoms with Crippen molar-refractivity contribution in [1.29, 1.82) is 0 Å². The smallest absolute Gasteiger partial charge is 0.319 e. The summed E-state index contributed by atoms with van der Waals surface area (Å²) in [5.74, 6) is -0.513. The fraction of sp³-hybridized carbons (Fsp3) is 0.533. The Bertz CT molecular complexity index is 478. The Morgan fingerprint density at radius 1 is 1.29 bits per heavy atom. The molecule has 2 N–H and O–H groups in total. The maximum Gasteiger partial charge on any atom is 0.319 e. The maximum absolute atomic E-state index is 12.0. The van der Waals surface area contributed by atoms with Crippen molar-refractivity contribution < 1.29 is 14.3 Å². The first-order valence-electron chi connectivity index (χ1n) is 7.26. The first kappa shape index (κ1) is 15.3. The molecule has 0 saturated heterocycles. The van der Waals surface area contributed by atoms with E-state index in [-0.39, 0.29) is 24.0 Å². The summed E-state index contributed by atoms with van der Waals surface area (Å²) in [6.07, 6.45) is 7.83. The lowest BCUT2D eigenvalue weighted by Gasteiger charge is -2.24. The number of esters is 1. The third-order valence-electron chi connectivity index (χ3n) is 3.76. The van der Waals surface area contributed by atoms with Gasteiger partial charge in [0.05, 0.1) is 24.9 Å². The van der Waals surface area contributed by atoms with Crippen LogP contribution in [0.4, 0.5) is 10.5 Å². The Labute approximate surface area is 124 Å². The van der Waals surface area contributed by atoms with Crippen molar-refractivity contribution in [1.82, 2.24) is 10.3 Å². The van der Waals surface area contributed by atoms with E-state index in [1.807, 2.05) is 0 Å². The molecule has 1 aliphatic carbocycles. The Morgan fingerprint density at radius 3 is 2.81 bits per heavy atom. The van der Waals surface area contributed by atoms with E-state index in [4.69, 9.17) is 4.74 Å². The summed E-state index contributed by atoms with van der Waals surface area (Å²) in [6, 6.07) is 3.01. The molecular formula is C15H21N3O3. The van der Waals surface area contributed by atoms with Crippen molar-refractivity contribution in [3.05, 3.63) is 24.5 Å². The standard InChI is InChI=1S/C15H21N3O3/c1-21-14(19)12-7-3-2-4-8-13(12)18-15(20)17-11-6-5-9-16-10-11/h5-6,9-10,12-13H,2-4,7-8H2,1H3,(H2,17,18,20). The number of nitrogens with one attached hydrogen (secondary N) is 2. The second-order valence-electron chi connectivity index (χ2n) is 5.21. The van der Waals surface area contributed by atoms with Crippen LogP contribution in [0.15, 0.2) is 24.5 Å². The molecule has 0 bridgehead atoms. The number of rotatable bonds is 3. The van der Waals surface area contributed by atoms with Gasteiger partial charge in [-0.25, -0.2) is 4.79 Å². The number of pyridine rings is 1. The molecule has 6 nitrogen and oxygen atoms in total. The average Bonchev–Trinajstić information content (AvgIpc) is 2.73. The number of ether oxygens (including phenoxy) is 1. The SMILES string of the molecule is COC(=O)C1CCCCCC1NC(=O)Nc1cccnc1. The lowest BCUT2D eigenvalue weighted by Crippen LogP contribution is -2.45. The third kappa shape index (κ3) is 4.44. The molecule has 0 spiro atoms. The molecule has 1 aromatic heterocycles. The fourth-order valence-electron chi connectivity index (χ4n) is 2.69. The molecule has 0 aliphatic heterocycles. The number of methoxy groups -OCH3 is 1. The quantitative estimate of drug-likeness (QED) is 0.661. The molecular weight excluding hydrogens is 270 g/mol. The third-order valence-corrected chi connectivity index (χ3v) is 3.76. The van der Waals surface area contributed by atoms with Crippen LogP contribution >= 0.6 is 0 Å². The monoisotopic (exact) mass is 291 g/mol. The molecule has 1 saturated carbocycles. The number of urea groups is 1. The van der Waals surface area contributed by atoms with E-state index >= 15 is 0 Å². The molecule has 1 fully saturated rings. The molecule has 1 aliphatic rings. The van der Waals surface area contributed by atoms with Crippen molar-refractivity contribution in [2.24, 2.45) is 5.92 Å². The number of carbonyl (C=O) groups is 2. The fourth-order valence-corrected chi connectivity index (χ4v) is 2.69. The van der Waals surface area contributed by atoms with Crippen molar-refractivity contribution in [2.75, 3.05) is 12.4 Å². The van der Waals surface area contributed by atoms with E-state index in [1.165, 1.54) is 7.11 Å². The van der Waals surface area contributed by atoms with Crippen LogP contribution in [0, 0.1) is 5.92 Å². The first-order chi connectivity index (χ1) is 10.2. The number of aromatic nitrogens is 1. The van der Waals surface area contributed by atoms with Crippen LogP contribution in [0.5, 0.6) is 0 Å². The van der Waals surface area contributed by atoms with Gasteiger partial charge in [0.2, 0.25) is 0 Å². The van der Waals surface area contributed by atoms with E-state index in [2.05, 4.69) is 15.6 Å². The summed E-state index contributed by atoms with van der Waals surface area (Å²) in [5, 5.41) is 5.62. The Kier molecular flexibility index (Phi) is 5.54. The van der Waals surface area contributed by atoms with Gasteiger partial charge in [0, 0.05) is 12.2 Å². The highest BCUT2D eigenvalue weighted by Crippen LogP contribution is 2.24. The van der Waals surface area contributed by atoms with Gasteiger partial charge in [0.1, 0.15) is 0 Å². The number of hydrogen-bond acceptors (Lipinski definition) is 4. The Morgan fingerprint density at radius 2 is 2.10 bits per heavy atom. The molecule has 2 atom stereocenters. The first-order valence-corrected chi connectivity index (χ1v) is 7.26. The van der Waals surface area contributed by atoms with Gasteiger partial charge in [0.25, 0.3) is 0 Å². The van der Waals surface area contributed by atoms with Gasteiger partial charge in [-0.05, 0) is 25.0 Å². The van der Waals surface area contributed by atoms with Crippen LogP contribution in [0.25, 0.3) is 0 Å². The minimum Gasteiger partial charge on any atom is -0.469 e. The van der Waals surface area contributed by atoms with Crippen LogP contribution in [0.2, 0.25) is 0 Å². The molecule has 1 heterocycles. The highest BCUT2D eigenvalue weighted by atomic mass is 16.5. The van der Waals surface area contributed by atoms with Gasteiger partial charge in [-0.1, -0.05) is 19.3 Å². The summed E-state index contributed by atoms with van der Waals surface area (Å²) >= 11 is 0. The lowest BCUT2D eigenvalue weighted by atomic mass is 9.95. The zero-order chi connectivity index (χ0) is 15.1. The average molecular weight is 291 g/mol. The van der Waals surface area contributed by atoms with Gasteiger partial charge in [-0.2, -0.15) is 0 Å². The second-order valence-corrected chi connectivity index (χ2v) is 5.21. The molecule has 2 rings (SSSR count). The summed E-state index contributed by atoms with van der Waals surface area (Å²) in [5.41, 5.74) is 0.623. The zero-order valence-electron chi connectivity index (χ0n) is 12.2. The molecule has 2 amide bonds. The molecule has 2 unspecified atom stereocenters. The van der Waals surface area contributed by atoms with Crippen molar-refractivity contribution in [3.8, 4) is 0 Å². The minimum absolute atomic E-state index is 0.184. The molecule has 0 radical (unpaired) electrons. The van der Waals surface area contributed by atoms with E-state index in [9.17, 15) is 9.59 Å². The van der Waals surface area contributed by atoms with Crippen LogP contribution in [-0.2, 0) is 9.53 Å². The summed E-state index contributed by atoms with van der Waals surface area (Å²) in [4.78, 5) is 27.9. The number of anilines is 1. The number of amides is 2. The van der Waals surface area contributed by atoms with Crippen molar-refractivity contribution >= 4 is 17.7 Å². The van der Waals surface area contributed by atoms with Crippen LogP contribution < -0.4 is 10.6 Å². The predicted molar refractivity (Wildman–Crippen MR) is 78.8 cm³/mol. The summed E-state index contributed by atoms with van der Waals surface area (Å²) in [7, 11) is 1.39. The van der Waals surface area contributed by atoms with E-state index in [0.717, 1.165) is 32.1 Å². The highest BCUT2D eigenvalue weighted by Gasteiger charge is 2.31. The van der Waals surface area contributed by atoms with Crippen molar-refractivity contribution in [3.63, 3.8) is 0 Å². The molecule has 0 aromatic carbocycles. The molecule has 6 heteroatoms. The summed E-state index contributed by atoms with van der Waals surface area (Å²) < 4.78 is 4.85. The van der Waals surface area contributed by atoms with Crippen LogP contribution in [0.3, 0.4) is 0 Å². The number of nitrogens with zero attached hydrogens (tertiary/aromatic N) is 1. The normalized spacial score (nSPS) is 22.0. The van der Waals surface area contributed by atoms with E-state index < -0.39 is 0 Å². The lowest BCUT2D eigenvalue weighted by molar-refractivity contribution is -0.146. The van der Waals surface area contributed by atoms with Gasteiger partial charge in [0.15, 0.2) is 0 Å². The zero-order valence-corrected chi connectivity index (χ0v) is 12.2. The maximum atomic E-state index is 12.0. The van der Waals surface area contributed by atoms with E-state index in [1.54, 1.807) is 24.5 Å². The molecule has 114 valence electrons. The number of carbonyl (C=O) groups excluding carboxylic acids is 2. The largest absolute Gasteiger partial charge is 0.469 e. The van der Waals surface area contributed by atoms with Crippen LogP contribution in [-0.4, -0.2) is 30.1 Å². The highest BCUT2D eigenvalue weighted by molar-refractivity contribution is 5.89. The minimum atomic E-state index is -0.316. The van der Waals surface area contributed by atoms with Crippen LogP contribution in [0.1, 0.15) is 32.1 Å². The van der Waals surface area contributed by atoms with Crippen molar-refractivity contribution in [2.45, 2.75) is 38.1 Å². The molecule has 21 heavy (non-hydrogen) atoms. The predicted octanol–water partition coefficient (Wildman–Crippen LogP) is 2.33. The van der Waals surface area contributed by atoms with Gasteiger partial charge in [-0.3, -0.25) is 9.78 Å². The Balaban J connectivity index is 1.97. The van der Waals surface area contributed by atoms with Gasteiger partial charge < -0.3 is 15.4 Å². The Hall–Kier alpha value is -2.11. The second kappa shape index (κ2) is 7.61. The van der Waals surface area contributed by atoms with E-state index in [0.29, 0.717) is 5.69 Å².